The van der Waals surface area contributed by atoms with Gasteiger partial charge in [-0.05, 0) is 67.7 Å². The second-order valence-corrected chi connectivity index (χ2v) is 9.43. The first-order valence-corrected chi connectivity index (χ1v) is 11.7. The van der Waals surface area contributed by atoms with E-state index in [1.54, 1.807) is 7.11 Å². The molecule has 3 atom stereocenters. The van der Waals surface area contributed by atoms with Crippen LogP contribution >= 0.6 is 28.1 Å². The van der Waals surface area contributed by atoms with Gasteiger partial charge in [0.15, 0.2) is 10.8 Å². The van der Waals surface area contributed by atoms with Gasteiger partial charge < -0.3 is 20.1 Å². The Morgan fingerprint density at radius 2 is 1.91 bits per heavy atom. The number of hydrogen-bond acceptors (Lipinski definition) is 4. The van der Waals surface area contributed by atoms with Gasteiger partial charge in [0.25, 0.3) is 0 Å². The van der Waals surface area contributed by atoms with Gasteiger partial charge in [0.05, 0.1) is 13.2 Å². The number of nitrogens with one attached hydrogen (secondary N) is 2. The van der Waals surface area contributed by atoms with Crippen molar-refractivity contribution in [2.45, 2.75) is 18.7 Å². The summed E-state index contributed by atoms with van der Waals surface area (Å²) < 4.78 is 12.7. The molecule has 168 valence electrons. The van der Waals surface area contributed by atoms with E-state index >= 15 is 0 Å². The molecule has 33 heavy (non-hydrogen) atoms. The Balaban J connectivity index is 1.59. The Kier molecular flexibility index (Phi) is 5.50. The number of ether oxygens (including phenoxy) is 2. The SMILES string of the molecule is COc1ccc(NC(=O)[C@H]2[C@@H]3NC(=S)N(c4cccc(Br)c4)[C@@]2(C)Oc2ccccc23)cc1. The zero-order valence-corrected chi connectivity index (χ0v) is 20.4. The third-order valence-corrected chi connectivity index (χ3v) is 6.91. The Bertz CT molecular complexity index is 1240. The van der Waals surface area contributed by atoms with Gasteiger partial charge in [-0.2, -0.15) is 0 Å². The maximum Gasteiger partial charge on any atom is 0.236 e. The minimum absolute atomic E-state index is 0.169. The minimum atomic E-state index is -1.06. The molecule has 3 aromatic rings. The lowest BCUT2D eigenvalue weighted by atomic mass is 9.78. The van der Waals surface area contributed by atoms with Crippen molar-refractivity contribution in [2.75, 3.05) is 17.3 Å². The third-order valence-electron chi connectivity index (χ3n) is 6.11. The van der Waals surface area contributed by atoms with Crippen molar-refractivity contribution in [3.8, 4) is 11.5 Å². The van der Waals surface area contributed by atoms with E-state index in [0.29, 0.717) is 10.8 Å². The number of carbonyl (C=O) groups is 1. The molecule has 2 aliphatic rings. The van der Waals surface area contributed by atoms with Gasteiger partial charge in [0, 0.05) is 21.4 Å². The fourth-order valence-electron chi connectivity index (χ4n) is 4.63. The fourth-order valence-corrected chi connectivity index (χ4v) is 5.43. The first-order valence-electron chi connectivity index (χ1n) is 10.5. The lowest BCUT2D eigenvalue weighted by molar-refractivity contribution is -0.130. The lowest BCUT2D eigenvalue weighted by Gasteiger charge is -2.56. The van der Waals surface area contributed by atoms with Crippen LogP contribution in [0.1, 0.15) is 18.5 Å². The Labute approximate surface area is 206 Å². The number of fused-ring (bicyclic) bond motifs is 4. The van der Waals surface area contributed by atoms with Crippen LogP contribution in [0.5, 0.6) is 11.5 Å². The van der Waals surface area contributed by atoms with Gasteiger partial charge >= 0.3 is 0 Å². The Hall–Kier alpha value is -3.10. The summed E-state index contributed by atoms with van der Waals surface area (Å²) in [4.78, 5) is 15.6. The van der Waals surface area contributed by atoms with Crippen molar-refractivity contribution in [1.29, 1.82) is 0 Å². The van der Waals surface area contributed by atoms with Gasteiger partial charge in [0.2, 0.25) is 5.91 Å². The second-order valence-electron chi connectivity index (χ2n) is 8.13. The second kappa shape index (κ2) is 8.35. The smallest absolute Gasteiger partial charge is 0.236 e. The third kappa shape index (κ3) is 3.73. The summed E-state index contributed by atoms with van der Waals surface area (Å²) in [5, 5.41) is 6.97. The van der Waals surface area contributed by atoms with Crippen molar-refractivity contribution in [1.82, 2.24) is 5.32 Å². The van der Waals surface area contributed by atoms with Crippen molar-refractivity contribution in [3.63, 3.8) is 0 Å². The van der Waals surface area contributed by atoms with Crippen LogP contribution in [-0.2, 0) is 4.79 Å². The topological polar surface area (TPSA) is 62.8 Å². The number of para-hydroxylation sites is 1. The number of anilines is 2. The summed E-state index contributed by atoms with van der Waals surface area (Å²) >= 11 is 9.32. The van der Waals surface area contributed by atoms with Crippen LogP contribution in [0.4, 0.5) is 11.4 Å². The summed E-state index contributed by atoms with van der Waals surface area (Å²) in [7, 11) is 1.61. The molecule has 6 nitrogen and oxygen atoms in total. The summed E-state index contributed by atoms with van der Waals surface area (Å²) in [6.07, 6.45) is 0. The van der Waals surface area contributed by atoms with Crippen molar-refractivity contribution >= 4 is 50.5 Å². The monoisotopic (exact) mass is 523 g/mol. The number of rotatable bonds is 4. The molecular weight excluding hydrogens is 502 g/mol. The molecule has 0 aromatic heterocycles. The highest BCUT2D eigenvalue weighted by Crippen LogP contribution is 2.49. The number of nitrogens with zero attached hydrogens (tertiary/aromatic N) is 1. The van der Waals surface area contributed by atoms with Crippen LogP contribution in [0.15, 0.2) is 77.3 Å². The molecule has 2 aliphatic heterocycles. The fraction of sp³-hybridized carbons (Fsp3) is 0.200. The molecule has 1 fully saturated rings. The molecule has 0 aliphatic carbocycles. The molecule has 0 saturated carbocycles. The Morgan fingerprint density at radius 1 is 1.15 bits per heavy atom. The number of amides is 1. The molecule has 5 rings (SSSR count). The summed E-state index contributed by atoms with van der Waals surface area (Å²) in [5.41, 5.74) is 1.35. The van der Waals surface area contributed by atoms with Crippen LogP contribution in [-0.4, -0.2) is 23.9 Å². The van der Waals surface area contributed by atoms with Crippen LogP contribution in [0.2, 0.25) is 0 Å². The maximum absolute atomic E-state index is 13.8. The van der Waals surface area contributed by atoms with E-state index in [9.17, 15) is 4.79 Å². The van der Waals surface area contributed by atoms with Gasteiger partial charge in [-0.1, -0.05) is 40.2 Å². The van der Waals surface area contributed by atoms with Gasteiger partial charge in [0.1, 0.15) is 17.4 Å². The molecule has 2 heterocycles. The molecule has 8 heteroatoms. The van der Waals surface area contributed by atoms with Crippen molar-refractivity contribution in [3.05, 3.63) is 82.8 Å². The number of hydrogen-bond donors (Lipinski definition) is 2. The van der Waals surface area contributed by atoms with Crippen LogP contribution in [0, 0.1) is 5.92 Å². The number of carbonyl (C=O) groups excluding carboxylic acids is 1. The Morgan fingerprint density at radius 3 is 2.64 bits per heavy atom. The number of halogens is 1. The normalized spacial score (nSPS) is 23.1. The molecule has 0 spiro atoms. The van der Waals surface area contributed by atoms with Gasteiger partial charge in [-0.25, -0.2) is 0 Å². The number of methoxy groups -OCH3 is 1. The van der Waals surface area contributed by atoms with Crippen molar-refractivity contribution < 1.29 is 14.3 Å². The number of benzene rings is 3. The van der Waals surface area contributed by atoms with Gasteiger partial charge in [-0.15, -0.1) is 0 Å². The zero-order chi connectivity index (χ0) is 23.2. The largest absolute Gasteiger partial charge is 0.497 e. The summed E-state index contributed by atoms with van der Waals surface area (Å²) in [6.45, 7) is 1.92. The molecule has 1 amide bonds. The maximum atomic E-state index is 13.8. The molecule has 1 saturated heterocycles. The molecule has 2 N–H and O–H groups in total. The summed E-state index contributed by atoms with van der Waals surface area (Å²) in [5.74, 6) is 0.686. The number of thiocarbonyl (C=S) groups is 1. The van der Waals surface area contributed by atoms with Crippen molar-refractivity contribution in [2.24, 2.45) is 5.92 Å². The quantitative estimate of drug-likeness (QED) is 0.455. The van der Waals surface area contributed by atoms with E-state index in [1.165, 1.54) is 0 Å². The van der Waals surface area contributed by atoms with Crippen LogP contribution < -0.4 is 25.0 Å². The average molecular weight is 524 g/mol. The first-order chi connectivity index (χ1) is 15.9. The minimum Gasteiger partial charge on any atom is -0.497 e. The first kappa shape index (κ1) is 21.7. The van der Waals surface area contributed by atoms with E-state index < -0.39 is 11.6 Å². The molecule has 3 aromatic carbocycles. The predicted octanol–water partition coefficient (Wildman–Crippen LogP) is 5.26. The standard InChI is InChI=1S/C25H22BrN3O3S/c1-25-21(23(30)27-16-10-12-18(31-2)13-11-16)22(19-8-3-4-9-20(19)32-25)28-24(33)29(25)17-7-5-6-15(26)14-17/h3-14,21-22H,1-2H3,(H,27,30)(H,28,33)/t21-,22-,25+/m1/s1. The summed E-state index contributed by atoms with van der Waals surface area (Å²) in [6, 6.07) is 22.5. The van der Waals surface area contributed by atoms with E-state index in [0.717, 1.165) is 27.2 Å². The average Bonchev–Trinajstić information content (AvgIpc) is 2.79. The van der Waals surface area contributed by atoms with Crippen LogP contribution in [0.25, 0.3) is 0 Å². The van der Waals surface area contributed by atoms with E-state index in [1.807, 2.05) is 84.6 Å². The van der Waals surface area contributed by atoms with E-state index in [-0.39, 0.29) is 11.9 Å². The van der Waals surface area contributed by atoms with Crippen LogP contribution in [0.3, 0.4) is 0 Å². The molecule has 0 radical (unpaired) electrons. The van der Waals surface area contributed by atoms with Gasteiger partial charge in [-0.3, -0.25) is 9.69 Å². The molecule has 0 unspecified atom stereocenters. The highest BCUT2D eigenvalue weighted by Gasteiger charge is 2.59. The molecule has 2 bridgehead atoms. The molecular formula is C25H22BrN3O3S. The zero-order valence-electron chi connectivity index (χ0n) is 18.0. The predicted molar refractivity (Wildman–Crippen MR) is 136 cm³/mol. The highest BCUT2D eigenvalue weighted by atomic mass is 79.9. The van der Waals surface area contributed by atoms with E-state index in [2.05, 4.69) is 26.6 Å². The highest BCUT2D eigenvalue weighted by molar-refractivity contribution is 9.10. The lowest BCUT2D eigenvalue weighted by Crippen LogP contribution is -2.72. The van der Waals surface area contributed by atoms with E-state index in [4.69, 9.17) is 21.7 Å².